The number of nitrogens with one attached hydrogen (secondary N) is 7. The van der Waals surface area contributed by atoms with E-state index in [1.807, 2.05) is 41.1 Å². The molecule has 2 saturated carbocycles. The van der Waals surface area contributed by atoms with Gasteiger partial charge in [-0.2, -0.15) is 5.10 Å². The number of imidazole rings is 1. The number of aryl methyl sites for hydroxylation is 2. The van der Waals surface area contributed by atoms with Gasteiger partial charge in [-0.05, 0) is 132 Å². The van der Waals surface area contributed by atoms with E-state index in [2.05, 4.69) is 61.9 Å². The fourth-order valence-electron chi connectivity index (χ4n) is 14.0. The van der Waals surface area contributed by atoms with E-state index >= 15 is 4.39 Å². The molecule has 91 heavy (non-hydrogen) atoms. The molecular weight excluding hydrogens is 1170 g/mol. The molecule has 7 atom stereocenters. The van der Waals surface area contributed by atoms with E-state index in [0.717, 1.165) is 73.4 Å². The summed E-state index contributed by atoms with van der Waals surface area (Å²) in [6, 6.07) is 15.2. The van der Waals surface area contributed by atoms with Gasteiger partial charge in [0, 0.05) is 67.2 Å². The number of ether oxygens (including phenoxy) is 3. The first-order valence-electron chi connectivity index (χ1n) is 32.1. The van der Waals surface area contributed by atoms with Gasteiger partial charge in [-0.25, -0.2) is 19.0 Å². The molecule has 0 radical (unpaired) electrons. The number of aromatic amines is 1. The number of hydrogen-bond acceptors (Lipinski definition) is 13. The van der Waals surface area contributed by atoms with Gasteiger partial charge in [-0.1, -0.05) is 55.7 Å². The third kappa shape index (κ3) is 13.8. The van der Waals surface area contributed by atoms with Gasteiger partial charge in [0.15, 0.2) is 0 Å². The number of nitrogens with zero attached hydrogens (tertiary/aromatic N) is 6. The van der Waals surface area contributed by atoms with Crippen molar-refractivity contribution in [2.45, 2.75) is 153 Å². The van der Waals surface area contributed by atoms with E-state index in [1.54, 1.807) is 53.5 Å². The Hall–Kier alpha value is -8.48. The van der Waals surface area contributed by atoms with Crippen molar-refractivity contribution in [1.29, 1.82) is 0 Å². The van der Waals surface area contributed by atoms with Crippen LogP contribution in [0.5, 0.6) is 0 Å². The zero-order valence-electron chi connectivity index (χ0n) is 52.7. The summed E-state index contributed by atoms with van der Waals surface area (Å²) >= 11 is 0. The van der Waals surface area contributed by atoms with Crippen molar-refractivity contribution in [3.05, 3.63) is 106 Å². The maximum atomic E-state index is 16.4. The number of amides is 6. The van der Waals surface area contributed by atoms with Gasteiger partial charge in [0.2, 0.25) is 23.6 Å². The van der Waals surface area contributed by atoms with Crippen LogP contribution in [0.3, 0.4) is 0 Å². The fourth-order valence-corrected chi connectivity index (χ4v) is 14.0. The third-order valence-electron chi connectivity index (χ3n) is 18.9. The summed E-state index contributed by atoms with van der Waals surface area (Å²) in [5.41, 5.74) is 6.92. The lowest BCUT2D eigenvalue weighted by Gasteiger charge is -2.35. The quantitative estimate of drug-likeness (QED) is 0.0313. The predicted molar refractivity (Wildman–Crippen MR) is 341 cm³/mol. The molecule has 1 saturated heterocycles. The van der Waals surface area contributed by atoms with Crippen LogP contribution in [-0.2, 0) is 46.9 Å². The normalized spacial score (nSPS) is 20.0. The molecule has 0 unspecified atom stereocenters. The predicted octanol–water partition coefficient (Wildman–Crippen LogP) is 7.18. The monoisotopic (exact) mass is 1250 g/mol. The molecule has 7 N–H and O–H groups in total. The zero-order chi connectivity index (χ0) is 64.0. The van der Waals surface area contributed by atoms with Crippen molar-refractivity contribution in [2.75, 3.05) is 53.7 Å². The van der Waals surface area contributed by atoms with Gasteiger partial charge in [0.05, 0.1) is 91.2 Å². The molecule has 6 amide bonds. The first kappa shape index (κ1) is 64.1. The smallest absolute Gasteiger partial charge is 0.407 e. The van der Waals surface area contributed by atoms with Crippen LogP contribution in [0.15, 0.2) is 77.9 Å². The van der Waals surface area contributed by atoms with E-state index < -0.39 is 42.0 Å². The minimum atomic E-state index is -0.864. The first-order valence-corrected chi connectivity index (χ1v) is 32.1. The van der Waals surface area contributed by atoms with Crippen LogP contribution in [-0.4, -0.2) is 153 Å². The highest BCUT2D eigenvalue weighted by atomic mass is 19.1. The minimum Gasteiger partial charge on any atom is -0.453 e. The summed E-state index contributed by atoms with van der Waals surface area (Å²) < 4.78 is 38.0. The third-order valence-corrected chi connectivity index (χ3v) is 18.9. The Kier molecular flexibility index (Phi) is 20.0. The van der Waals surface area contributed by atoms with Crippen molar-refractivity contribution in [1.82, 2.24) is 65.7 Å². The fraction of sp³-hybridized carbons (Fsp3) is 0.507. The number of likely N-dealkylation sites (tertiary alicyclic amines) is 1. The lowest BCUT2D eigenvalue weighted by atomic mass is 9.83. The average molecular weight is 1250 g/mol. The van der Waals surface area contributed by atoms with E-state index in [9.17, 15) is 33.6 Å². The maximum Gasteiger partial charge on any atom is 0.407 e. The van der Waals surface area contributed by atoms with Crippen LogP contribution < -0.4 is 37.6 Å². The van der Waals surface area contributed by atoms with Gasteiger partial charge < -0.3 is 56.0 Å². The van der Waals surface area contributed by atoms with Gasteiger partial charge in [-0.15, -0.1) is 0 Å². The molecule has 23 nitrogen and oxygen atoms in total. The molecular formula is C67H84FN13O10. The molecule has 0 spiro atoms. The Bertz CT molecular complexity index is 3900. The number of carbonyl (C=O) groups excluding carboxylic acids is 6. The van der Waals surface area contributed by atoms with Crippen LogP contribution in [0.4, 0.5) is 9.18 Å². The molecule has 3 aromatic carbocycles. The summed E-state index contributed by atoms with van der Waals surface area (Å²) in [7, 11) is 4.71. The van der Waals surface area contributed by atoms with E-state index in [-0.39, 0.29) is 117 Å². The SMILES string of the molecule is CN[C@@H](C)C(=O)N[C@H](C(=O)N1C[C@@H](NC(=O)CCOCCOCCNC(=O)c2ccc(-c3[nH]c4ncc5c(c4c3-c3ccc4c(cnn4C(C)C)c3)n([C@@H]3CC[C@@H](NC(=O)OC)C3)c(=O)n5C)cc2F)C[C@H]1C(=O)N[C@@H]1CCCc2ccccc21)C1CCCCC1. The van der Waals surface area contributed by atoms with Crippen molar-refractivity contribution in [3.8, 4) is 22.4 Å². The lowest BCUT2D eigenvalue weighted by molar-refractivity contribution is -0.143. The summed E-state index contributed by atoms with van der Waals surface area (Å²) in [5.74, 6) is -2.68. The Morgan fingerprint density at radius 3 is 2.36 bits per heavy atom. The Morgan fingerprint density at radius 1 is 0.813 bits per heavy atom. The van der Waals surface area contributed by atoms with Gasteiger partial charge in [-0.3, -0.25) is 37.8 Å². The number of alkyl carbamates (subject to hydrolysis) is 1. The molecule has 11 rings (SSSR count). The second-order valence-corrected chi connectivity index (χ2v) is 25.0. The molecule has 3 fully saturated rings. The minimum absolute atomic E-state index is 0.0151. The van der Waals surface area contributed by atoms with Crippen molar-refractivity contribution >= 4 is 68.6 Å². The number of aromatic nitrogens is 6. The summed E-state index contributed by atoms with van der Waals surface area (Å²) in [6.07, 6.45) is 12.1. The summed E-state index contributed by atoms with van der Waals surface area (Å²) in [5, 5.41) is 24.1. The number of likely N-dealkylation sites (N-methyl/N-ethyl adjacent to an activating group) is 1. The van der Waals surface area contributed by atoms with Crippen LogP contribution in [0.1, 0.15) is 137 Å². The average Bonchev–Trinajstić information content (AvgIpc) is 1.58. The molecule has 5 heterocycles. The van der Waals surface area contributed by atoms with Gasteiger partial charge in [0.1, 0.15) is 23.5 Å². The molecule has 484 valence electrons. The van der Waals surface area contributed by atoms with Crippen molar-refractivity contribution in [2.24, 2.45) is 13.0 Å². The second-order valence-electron chi connectivity index (χ2n) is 25.0. The number of rotatable bonds is 23. The maximum absolute atomic E-state index is 16.4. The highest BCUT2D eigenvalue weighted by Gasteiger charge is 2.45. The summed E-state index contributed by atoms with van der Waals surface area (Å²) in [4.78, 5) is 106. The van der Waals surface area contributed by atoms with Crippen LogP contribution in [0.25, 0.3) is 55.4 Å². The highest BCUT2D eigenvalue weighted by Crippen LogP contribution is 2.44. The number of methoxy groups -OCH3 is 1. The topological polar surface area (TPSA) is 279 Å². The number of benzene rings is 3. The first-order chi connectivity index (χ1) is 44.0. The molecule has 0 bridgehead atoms. The standard InChI is InChI=1S/C67H84FN13O10/c1-38(2)81-52-24-20-42(31-44(52)35-72-81)56-57-60-54(78(5)67(88)80(60)47-22-21-45(33-47)74-66(87)89-6)36-71-61(57)76-58(56)43-19-23-49(50(68)32-43)63(84)70-26-28-91-30-29-90-27-25-55(82)73-46-34-53(64(85)75-51-18-12-16-40-13-10-11-17-48(40)51)79(37-46)65(86)59(41-14-8-7-9-15-41)77-62(83)39(3)69-4/h10-11,13,17,19-20,23-24,31-32,35-36,38-39,41,45-47,51,53,59,69H,7-9,12,14-16,18,21-22,25-30,33-34,37H2,1-6H3,(H,70,84)(H,71,76)(H,73,82)(H,74,87)(H,75,85)(H,77,83)/t39-,45+,46-,47+,51+,53-,59-/m0/s1. The van der Waals surface area contributed by atoms with Crippen molar-refractivity contribution in [3.63, 3.8) is 0 Å². The molecule has 1 aliphatic heterocycles. The van der Waals surface area contributed by atoms with E-state index in [4.69, 9.17) is 19.2 Å². The lowest BCUT2D eigenvalue weighted by Crippen LogP contribution is -2.58. The number of fused-ring (bicyclic) bond motifs is 5. The van der Waals surface area contributed by atoms with Crippen molar-refractivity contribution < 1.29 is 47.4 Å². The molecule has 3 aliphatic carbocycles. The number of pyridine rings is 1. The van der Waals surface area contributed by atoms with Gasteiger partial charge in [0.25, 0.3) is 5.91 Å². The number of halogens is 1. The summed E-state index contributed by atoms with van der Waals surface area (Å²) in [6.45, 7) is 6.51. The van der Waals surface area contributed by atoms with E-state index in [0.29, 0.717) is 58.2 Å². The molecule has 4 aromatic heterocycles. The number of carbonyl (C=O) groups is 6. The molecule has 7 aromatic rings. The van der Waals surface area contributed by atoms with Crippen LogP contribution in [0.2, 0.25) is 0 Å². The Morgan fingerprint density at radius 2 is 1.59 bits per heavy atom. The van der Waals surface area contributed by atoms with Crippen LogP contribution in [0, 0.1) is 11.7 Å². The van der Waals surface area contributed by atoms with Crippen LogP contribution >= 0.6 is 0 Å². The number of H-pyrrole nitrogens is 1. The number of hydrogen-bond donors (Lipinski definition) is 7. The Balaban J connectivity index is 0.701. The largest absolute Gasteiger partial charge is 0.453 e. The molecule has 24 heteroatoms. The van der Waals surface area contributed by atoms with E-state index in [1.165, 1.54) is 24.8 Å². The Labute approximate surface area is 527 Å². The second kappa shape index (κ2) is 28.4. The highest BCUT2D eigenvalue weighted by molar-refractivity contribution is 6.15. The zero-order valence-corrected chi connectivity index (χ0v) is 52.7. The van der Waals surface area contributed by atoms with Gasteiger partial charge >= 0.3 is 11.8 Å². The molecule has 4 aliphatic rings.